The topological polar surface area (TPSA) is 97.6 Å². The van der Waals surface area contributed by atoms with Gasteiger partial charge in [0.15, 0.2) is 11.5 Å². The van der Waals surface area contributed by atoms with Crippen LogP contribution in [0, 0.1) is 5.41 Å². The van der Waals surface area contributed by atoms with Gasteiger partial charge < -0.3 is 15.4 Å². The molecule has 0 aliphatic heterocycles. The highest BCUT2D eigenvalue weighted by atomic mass is 19.4. The summed E-state index contributed by atoms with van der Waals surface area (Å²) in [7, 11) is 0. The fourth-order valence-electron chi connectivity index (χ4n) is 3.05. The first-order valence-electron chi connectivity index (χ1n) is 12.3. The van der Waals surface area contributed by atoms with Gasteiger partial charge in [0, 0.05) is 28.8 Å². The zero-order valence-electron chi connectivity index (χ0n) is 23.0. The van der Waals surface area contributed by atoms with E-state index >= 15 is 0 Å². The van der Waals surface area contributed by atoms with Gasteiger partial charge in [0.1, 0.15) is 5.75 Å². The summed E-state index contributed by atoms with van der Waals surface area (Å²) in [5, 5.41) is 9.68. The lowest BCUT2D eigenvalue weighted by Crippen LogP contribution is -2.27. The highest BCUT2D eigenvalue weighted by Crippen LogP contribution is 2.29. The minimum atomic E-state index is -4.48. The zero-order chi connectivity index (χ0) is 30.1. The fraction of sp³-hybridized carbons (Fsp3) is 0.241. The molecule has 0 radical (unpaired) electrons. The van der Waals surface area contributed by atoms with Crippen LogP contribution in [0.2, 0.25) is 0 Å². The van der Waals surface area contributed by atoms with Crippen molar-refractivity contribution in [2.24, 2.45) is 5.41 Å². The molecule has 212 valence electrons. The first kappa shape index (κ1) is 31.5. The molecule has 0 aliphatic carbocycles. The van der Waals surface area contributed by atoms with Crippen molar-refractivity contribution in [3.63, 3.8) is 0 Å². The molecule has 0 saturated heterocycles. The van der Waals surface area contributed by atoms with Crippen molar-refractivity contribution < 1.29 is 27.5 Å². The van der Waals surface area contributed by atoms with Crippen molar-refractivity contribution in [2.45, 2.75) is 40.8 Å². The van der Waals surface area contributed by atoms with Gasteiger partial charge in [0.2, 0.25) is 11.8 Å². The number of ether oxygens (including phenoxy) is 1. The second kappa shape index (κ2) is 13.4. The summed E-state index contributed by atoms with van der Waals surface area (Å²) in [6.45, 7) is 15.4. The molecular formula is C29H32F3N5O3. The van der Waals surface area contributed by atoms with E-state index in [0.717, 1.165) is 24.3 Å². The molecule has 0 unspecified atom stereocenters. The van der Waals surface area contributed by atoms with Crippen LogP contribution in [0.5, 0.6) is 11.6 Å². The van der Waals surface area contributed by atoms with E-state index in [0.29, 0.717) is 17.1 Å². The summed E-state index contributed by atoms with van der Waals surface area (Å²) in [6.07, 6.45) is -3.03. The van der Waals surface area contributed by atoms with Crippen LogP contribution >= 0.6 is 0 Å². The summed E-state index contributed by atoms with van der Waals surface area (Å²) in [5.41, 5.74) is -0.355. The number of benzene rings is 2. The lowest BCUT2D eigenvalue weighted by Gasteiger charge is -2.18. The van der Waals surface area contributed by atoms with E-state index in [2.05, 4.69) is 33.9 Å². The van der Waals surface area contributed by atoms with E-state index in [1.165, 1.54) is 10.7 Å². The maximum absolute atomic E-state index is 12.7. The Kier molecular flexibility index (Phi) is 10.6. The van der Waals surface area contributed by atoms with E-state index in [1.807, 2.05) is 34.6 Å². The van der Waals surface area contributed by atoms with Crippen LogP contribution in [0.15, 0.2) is 80.0 Å². The standard InChI is InChI=1S/C25H22F3N5O3.C2H6.C2H4/c1-24(2,3)23(35)29-17-5-4-6-18(13-17)36-21-12-11-20-30-19(14-33(20)32-21)31-22(34)15-7-9-16(10-8-15)25(26,27)28;2*1-2/h4-14H,1-3H3,(H,29,35)(H,31,34);1-2H3;1-2H2. The zero-order valence-corrected chi connectivity index (χ0v) is 23.0. The third-order valence-corrected chi connectivity index (χ3v) is 5.01. The predicted octanol–water partition coefficient (Wildman–Crippen LogP) is 7.61. The van der Waals surface area contributed by atoms with Crippen molar-refractivity contribution in [3.8, 4) is 11.6 Å². The van der Waals surface area contributed by atoms with Gasteiger partial charge in [0.25, 0.3) is 5.91 Å². The molecule has 0 spiro atoms. The van der Waals surface area contributed by atoms with Crippen LogP contribution in [0.1, 0.15) is 50.5 Å². The van der Waals surface area contributed by atoms with Crippen LogP contribution in [-0.2, 0) is 11.0 Å². The second-order valence-corrected chi connectivity index (χ2v) is 8.96. The van der Waals surface area contributed by atoms with Gasteiger partial charge >= 0.3 is 6.18 Å². The molecule has 2 aromatic carbocycles. The highest BCUT2D eigenvalue weighted by molar-refractivity contribution is 6.03. The number of aromatic nitrogens is 3. The van der Waals surface area contributed by atoms with E-state index in [1.54, 1.807) is 36.4 Å². The number of imidazole rings is 1. The number of carbonyl (C=O) groups excluding carboxylic acids is 2. The quantitative estimate of drug-likeness (QED) is 0.247. The largest absolute Gasteiger partial charge is 0.438 e. The number of alkyl halides is 3. The SMILES string of the molecule is C=C.CC.CC(C)(C)C(=O)Nc1cccc(Oc2ccc3nc(NC(=O)c4ccc(C(F)(F)F)cc4)cn3n2)c1. The molecule has 2 N–H and O–H groups in total. The molecule has 2 amide bonds. The van der Waals surface area contributed by atoms with E-state index in [4.69, 9.17) is 4.74 Å². The van der Waals surface area contributed by atoms with E-state index < -0.39 is 23.1 Å². The smallest absolute Gasteiger partial charge is 0.416 e. The fourth-order valence-corrected chi connectivity index (χ4v) is 3.05. The second-order valence-electron chi connectivity index (χ2n) is 8.96. The van der Waals surface area contributed by atoms with E-state index in [-0.39, 0.29) is 23.2 Å². The number of nitrogens with one attached hydrogen (secondary N) is 2. The molecule has 0 saturated carbocycles. The Bertz CT molecular complexity index is 1440. The third-order valence-electron chi connectivity index (χ3n) is 5.01. The van der Waals surface area contributed by atoms with Crippen molar-refractivity contribution in [2.75, 3.05) is 10.6 Å². The number of amides is 2. The number of rotatable bonds is 5. The molecule has 0 fully saturated rings. The maximum Gasteiger partial charge on any atom is 0.416 e. The van der Waals surface area contributed by atoms with Gasteiger partial charge in [-0.05, 0) is 42.5 Å². The van der Waals surface area contributed by atoms with Gasteiger partial charge in [0.05, 0.1) is 11.8 Å². The Labute approximate surface area is 230 Å². The summed E-state index contributed by atoms with van der Waals surface area (Å²) >= 11 is 0. The van der Waals surface area contributed by atoms with Crippen LogP contribution in [-0.4, -0.2) is 26.4 Å². The molecule has 0 bridgehead atoms. The summed E-state index contributed by atoms with van der Waals surface area (Å²) in [5.74, 6) is 0.0990. The van der Waals surface area contributed by atoms with Crippen molar-refractivity contribution in [1.82, 2.24) is 14.6 Å². The summed E-state index contributed by atoms with van der Waals surface area (Å²) in [6, 6.07) is 13.9. The minimum absolute atomic E-state index is 0.0514. The lowest BCUT2D eigenvalue weighted by molar-refractivity contribution is -0.137. The molecule has 2 aromatic heterocycles. The van der Waals surface area contributed by atoms with Crippen LogP contribution in [0.3, 0.4) is 0 Å². The molecule has 40 heavy (non-hydrogen) atoms. The summed E-state index contributed by atoms with van der Waals surface area (Å²) < 4.78 is 45.4. The number of fused-ring (bicyclic) bond motifs is 1. The number of hydrogen-bond acceptors (Lipinski definition) is 5. The maximum atomic E-state index is 12.7. The van der Waals surface area contributed by atoms with Crippen LogP contribution in [0.25, 0.3) is 5.65 Å². The molecule has 8 nitrogen and oxygen atoms in total. The van der Waals surface area contributed by atoms with Gasteiger partial charge in [-0.1, -0.05) is 40.7 Å². The van der Waals surface area contributed by atoms with Crippen LogP contribution in [0.4, 0.5) is 24.7 Å². The van der Waals surface area contributed by atoms with Crippen molar-refractivity contribution >= 4 is 29.0 Å². The van der Waals surface area contributed by atoms with Crippen molar-refractivity contribution in [3.05, 3.63) is 91.1 Å². The number of hydrogen-bond donors (Lipinski definition) is 2. The normalized spacial score (nSPS) is 10.9. The Morgan fingerprint density at radius 1 is 0.925 bits per heavy atom. The Balaban J connectivity index is 0.00000134. The first-order chi connectivity index (χ1) is 18.9. The van der Waals surface area contributed by atoms with Crippen LogP contribution < -0.4 is 15.4 Å². The molecule has 0 aliphatic rings. The minimum Gasteiger partial charge on any atom is -0.438 e. The number of anilines is 2. The third kappa shape index (κ3) is 8.42. The Morgan fingerprint density at radius 3 is 2.17 bits per heavy atom. The van der Waals surface area contributed by atoms with Crippen molar-refractivity contribution in [1.29, 1.82) is 0 Å². The molecule has 4 aromatic rings. The average molecular weight is 556 g/mol. The van der Waals surface area contributed by atoms with E-state index in [9.17, 15) is 22.8 Å². The van der Waals surface area contributed by atoms with Gasteiger partial charge in [-0.3, -0.25) is 9.59 Å². The highest BCUT2D eigenvalue weighted by Gasteiger charge is 2.30. The molecule has 4 rings (SSSR count). The number of halogens is 3. The Morgan fingerprint density at radius 2 is 1.57 bits per heavy atom. The molecule has 11 heteroatoms. The number of nitrogens with zero attached hydrogens (tertiary/aromatic N) is 3. The van der Waals surface area contributed by atoms with Gasteiger partial charge in [-0.15, -0.1) is 18.3 Å². The molecular weight excluding hydrogens is 523 g/mol. The van der Waals surface area contributed by atoms with Gasteiger partial charge in [-0.2, -0.15) is 13.2 Å². The summed E-state index contributed by atoms with van der Waals surface area (Å²) in [4.78, 5) is 28.9. The predicted molar refractivity (Wildman–Crippen MR) is 150 cm³/mol. The number of carbonyl (C=O) groups is 2. The lowest BCUT2D eigenvalue weighted by atomic mass is 9.95. The molecule has 2 heterocycles. The van der Waals surface area contributed by atoms with Gasteiger partial charge in [-0.25, -0.2) is 9.50 Å². The molecule has 0 atom stereocenters. The average Bonchev–Trinajstić information content (AvgIpc) is 3.31. The monoisotopic (exact) mass is 555 g/mol. The Hall–Kier alpha value is -4.67. The first-order valence-corrected chi connectivity index (χ1v) is 12.3.